The van der Waals surface area contributed by atoms with Gasteiger partial charge in [0, 0.05) is 24.7 Å². The van der Waals surface area contributed by atoms with Crippen molar-refractivity contribution in [2.75, 3.05) is 5.75 Å². The summed E-state index contributed by atoms with van der Waals surface area (Å²) in [5, 5.41) is 13.3. The fraction of sp³-hybridized carbons (Fsp3) is 0.333. The summed E-state index contributed by atoms with van der Waals surface area (Å²) in [4.78, 5) is 25.8. The highest BCUT2D eigenvalue weighted by atomic mass is 32.2. The molecule has 1 atom stereocenters. The normalized spacial score (nSPS) is 12.2. The number of carbonyl (C=O) groups is 1. The summed E-state index contributed by atoms with van der Waals surface area (Å²) in [5.74, 6) is -1.08. The van der Waals surface area contributed by atoms with Crippen molar-refractivity contribution in [3.8, 4) is 0 Å². The summed E-state index contributed by atoms with van der Waals surface area (Å²) < 4.78 is 3.56. The Kier molecular flexibility index (Phi) is 4.57. The van der Waals surface area contributed by atoms with Crippen LogP contribution in [-0.4, -0.2) is 36.2 Å². The lowest BCUT2D eigenvalue weighted by Crippen LogP contribution is -2.20. The maximum absolute atomic E-state index is 11.3. The third-order valence-electron chi connectivity index (χ3n) is 2.61. The van der Waals surface area contributed by atoms with Crippen LogP contribution in [0, 0.1) is 0 Å². The Morgan fingerprint density at radius 2 is 2.30 bits per heavy atom. The highest BCUT2D eigenvalue weighted by Crippen LogP contribution is 2.19. The second-order valence-corrected chi connectivity index (χ2v) is 5.16. The topological polar surface area (TPSA) is 90.0 Å². The van der Waals surface area contributed by atoms with Crippen molar-refractivity contribution in [1.29, 1.82) is 0 Å². The zero-order valence-electron chi connectivity index (χ0n) is 10.8. The molecule has 0 amide bonds. The molecule has 0 saturated heterocycles. The average molecular weight is 294 g/mol. The van der Waals surface area contributed by atoms with Gasteiger partial charge >= 0.3 is 5.97 Å². The molecule has 0 aliphatic carbocycles. The quantitative estimate of drug-likeness (QED) is 0.628. The van der Waals surface area contributed by atoms with Gasteiger partial charge in [0.2, 0.25) is 0 Å². The van der Waals surface area contributed by atoms with E-state index >= 15 is 0 Å². The molecule has 8 heteroatoms. The summed E-state index contributed by atoms with van der Waals surface area (Å²) in [6.45, 7) is 2.57. The molecule has 2 aromatic heterocycles. The summed E-state index contributed by atoms with van der Waals surface area (Å²) >= 11 is 1.03. The number of aliphatic carboxylic acids is 1. The van der Waals surface area contributed by atoms with Crippen LogP contribution in [0.15, 0.2) is 40.7 Å². The van der Waals surface area contributed by atoms with Crippen molar-refractivity contribution < 1.29 is 9.90 Å². The van der Waals surface area contributed by atoms with E-state index < -0.39 is 5.97 Å². The lowest BCUT2D eigenvalue weighted by Gasteiger charge is -2.18. The van der Waals surface area contributed by atoms with Gasteiger partial charge in [0.15, 0.2) is 5.16 Å². The summed E-state index contributed by atoms with van der Waals surface area (Å²) in [6.07, 6.45) is 5.17. The van der Waals surface area contributed by atoms with E-state index in [0.717, 1.165) is 11.8 Å². The van der Waals surface area contributed by atoms with Crippen LogP contribution in [0.2, 0.25) is 0 Å². The van der Waals surface area contributed by atoms with Crippen LogP contribution in [0.4, 0.5) is 0 Å². The van der Waals surface area contributed by atoms with Crippen LogP contribution >= 0.6 is 11.8 Å². The van der Waals surface area contributed by atoms with Gasteiger partial charge in [-0.25, -0.2) is 0 Å². The molecule has 2 rings (SSSR count). The zero-order chi connectivity index (χ0) is 14.5. The number of thioether (sulfide) groups is 1. The maximum Gasteiger partial charge on any atom is 0.313 e. The van der Waals surface area contributed by atoms with E-state index in [0.29, 0.717) is 11.7 Å². The summed E-state index contributed by atoms with van der Waals surface area (Å²) in [7, 11) is 0. The SMILES string of the molecule is CC(Cn1cccn1)n1ccc(=O)nc1SCC(=O)O. The molecule has 0 fully saturated rings. The number of hydrogen-bond acceptors (Lipinski definition) is 5. The van der Waals surface area contributed by atoms with Gasteiger partial charge in [0.05, 0.1) is 18.3 Å². The predicted molar refractivity (Wildman–Crippen MR) is 73.8 cm³/mol. The molecule has 20 heavy (non-hydrogen) atoms. The van der Waals surface area contributed by atoms with Gasteiger partial charge in [-0.2, -0.15) is 10.1 Å². The minimum absolute atomic E-state index is 0.000653. The Morgan fingerprint density at radius 1 is 1.50 bits per heavy atom. The van der Waals surface area contributed by atoms with Gasteiger partial charge in [-0.1, -0.05) is 11.8 Å². The number of aromatic nitrogens is 4. The molecule has 0 bridgehead atoms. The van der Waals surface area contributed by atoms with Crippen LogP contribution < -0.4 is 5.56 Å². The van der Waals surface area contributed by atoms with E-state index in [1.54, 1.807) is 21.6 Å². The molecule has 2 heterocycles. The zero-order valence-corrected chi connectivity index (χ0v) is 11.7. The summed E-state index contributed by atoms with van der Waals surface area (Å²) in [5.41, 5.74) is -0.375. The maximum atomic E-state index is 11.3. The van der Waals surface area contributed by atoms with Crippen LogP contribution in [0.1, 0.15) is 13.0 Å². The van der Waals surface area contributed by atoms with Crippen molar-refractivity contribution in [3.63, 3.8) is 0 Å². The molecule has 0 spiro atoms. The molecule has 1 unspecified atom stereocenters. The van der Waals surface area contributed by atoms with Crippen LogP contribution in [0.25, 0.3) is 0 Å². The van der Waals surface area contributed by atoms with Crippen molar-refractivity contribution in [2.45, 2.75) is 24.7 Å². The van der Waals surface area contributed by atoms with Crippen molar-refractivity contribution >= 4 is 17.7 Å². The third-order valence-corrected chi connectivity index (χ3v) is 3.57. The fourth-order valence-corrected chi connectivity index (χ4v) is 2.53. The first-order chi connectivity index (χ1) is 9.56. The molecule has 0 aliphatic rings. The lowest BCUT2D eigenvalue weighted by atomic mass is 10.3. The van der Waals surface area contributed by atoms with Gasteiger partial charge in [0.1, 0.15) is 0 Å². The first-order valence-electron chi connectivity index (χ1n) is 5.97. The molecule has 0 aromatic carbocycles. The second kappa shape index (κ2) is 6.38. The van der Waals surface area contributed by atoms with Crippen molar-refractivity contribution in [3.05, 3.63) is 41.1 Å². The van der Waals surface area contributed by atoms with Gasteiger partial charge in [-0.05, 0) is 13.0 Å². The van der Waals surface area contributed by atoms with Crippen molar-refractivity contribution in [1.82, 2.24) is 19.3 Å². The minimum atomic E-state index is -0.945. The Morgan fingerprint density at radius 3 is 2.95 bits per heavy atom. The molecule has 2 aromatic rings. The molecule has 7 nitrogen and oxygen atoms in total. The number of rotatable bonds is 6. The van der Waals surface area contributed by atoms with E-state index in [-0.39, 0.29) is 17.4 Å². The van der Waals surface area contributed by atoms with E-state index in [1.165, 1.54) is 6.07 Å². The Labute approximate surface area is 119 Å². The largest absolute Gasteiger partial charge is 0.481 e. The van der Waals surface area contributed by atoms with Crippen LogP contribution in [-0.2, 0) is 11.3 Å². The molecule has 106 valence electrons. The Balaban J connectivity index is 2.20. The van der Waals surface area contributed by atoms with E-state index in [4.69, 9.17) is 5.11 Å². The van der Waals surface area contributed by atoms with Gasteiger partial charge in [0.25, 0.3) is 5.56 Å². The number of carboxylic acids is 1. The Bertz CT molecular complexity index is 638. The van der Waals surface area contributed by atoms with Gasteiger partial charge < -0.3 is 9.67 Å². The number of carboxylic acid groups (broad SMARTS) is 1. The van der Waals surface area contributed by atoms with Crippen LogP contribution in [0.3, 0.4) is 0 Å². The van der Waals surface area contributed by atoms with E-state index in [2.05, 4.69) is 10.1 Å². The third kappa shape index (κ3) is 3.70. The monoisotopic (exact) mass is 294 g/mol. The van der Waals surface area contributed by atoms with Crippen molar-refractivity contribution in [2.24, 2.45) is 0 Å². The number of hydrogen-bond donors (Lipinski definition) is 1. The summed E-state index contributed by atoms with van der Waals surface area (Å²) in [6, 6.07) is 3.19. The second-order valence-electron chi connectivity index (χ2n) is 4.22. The van der Waals surface area contributed by atoms with E-state index in [9.17, 15) is 9.59 Å². The highest BCUT2D eigenvalue weighted by molar-refractivity contribution is 7.99. The molecular formula is C12H14N4O3S. The molecule has 0 radical (unpaired) electrons. The standard InChI is InChI=1S/C12H14N4O3S/c1-9(7-15-5-2-4-13-15)16-6-3-10(17)14-12(16)20-8-11(18)19/h2-6,9H,7-8H2,1H3,(H,18,19). The smallest absolute Gasteiger partial charge is 0.313 e. The lowest BCUT2D eigenvalue weighted by molar-refractivity contribution is -0.133. The molecular weight excluding hydrogens is 280 g/mol. The van der Waals surface area contributed by atoms with Crippen LogP contribution in [0.5, 0.6) is 0 Å². The first kappa shape index (κ1) is 14.3. The first-order valence-corrected chi connectivity index (χ1v) is 6.96. The fourth-order valence-electron chi connectivity index (χ4n) is 1.73. The van der Waals surface area contributed by atoms with Gasteiger partial charge in [-0.15, -0.1) is 0 Å². The average Bonchev–Trinajstić information content (AvgIpc) is 2.89. The number of nitrogens with zero attached hydrogens (tertiary/aromatic N) is 4. The van der Waals surface area contributed by atoms with E-state index in [1.807, 2.05) is 19.2 Å². The molecule has 1 N–H and O–H groups in total. The highest BCUT2D eigenvalue weighted by Gasteiger charge is 2.12. The molecule has 0 saturated carbocycles. The predicted octanol–water partition coefficient (Wildman–Crippen LogP) is 0.878. The molecule has 0 aliphatic heterocycles. The van der Waals surface area contributed by atoms with Gasteiger partial charge in [-0.3, -0.25) is 14.3 Å². The minimum Gasteiger partial charge on any atom is -0.481 e. The Hall–Kier alpha value is -2.09.